The van der Waals surface area contributed by atoms with Gasteiger partial charge in [0.15, 0.2) is 5.78 Å². The van der Waals surface area contributed by atoms with Gasteiger partial charge in [-0.25, -0.2) is 0 Å². The zero-order chi connectivity index (χ0) is 10.0. The maximum Gasteiger partial charge on any atom is 0.220 e. The van der Waals surface area contributed by atoms with Crippen LogP contribution in [0.15, 0.2) is 0 Å². The Labute approximate surface area is 83.0 Å². The molecule has 0 aliphatic carbocycles. The fourth-order valence-corrected chi connectivity index (χ4v) is 1.99. The molecule has 0 N–H and O–H groups in total. The Morgan fingerprint density at radius 3 is 2.62 bits per heavy atom. The fourth-order valence-electron chi connectivity index (χ4n) is 1.67. The summed E-state index contributed by atoms with van der Waals surface area (Å²) in [5.74, 6) is 0.0494. The maximum atomic E-state index is 11.4. The lowest BCUT2D eigenvalue weighted by molar-refractivity contribution is -0.135. The highest BCUT2D eigenvalue weighted by Gasteiger charge is 2.36. The number of halogens is 1. The third-order valence-electron chi connectivity index (χ3n) is 2.37. The molecule has 1 aliphatic rings. The number of rotatable bonds is 2. The molecule has 1 amide bonds. The zero-order valence-corrected chi connectivity index (χ0v) is 8.67. The van der Waals surface area contributed by atoms with Crippen LogP contribution in [0.1, 0.15) is 26.7 Å². The van der Waals surface area contributed by atoms with Crippen molar-refractivity contribution < 1.29 is 9.59 Å². The Bertz CT molecular complexity index is 230. The van der Waals surface area contributed by atoms with E-state index in [0.717, 1.165) is 0 Å². The summed E-state index contributed by atoms with van der Waals surface area (Å²) in [6, 6.07) is -0.273. The Balaban J connectivity index is 2.71. The van der Waals surface area contributed by atoms with Crippen LogP contribution in [0.5, 0.6) is 0 Å². The molecule has 0 unspecified atom stereocenters. The smallest absolute Gasteiger partial charge is 0.220 e. The molecule has 4 heteroatoms. The first-order valence-corrected chi connectivity index (χ1v) is 4.94. The lowest BCUT2D eigenvalue weighted by Crippen LogP contribution is -2.38. The maximum absolute atomic E-state index is 11.4. The number of hydrogen-bond acceptors (Lipinski definition) is 2. The van der Waals surface area contributed by atoms with Crippen molar-refractivity contribution >= 4 is 23.3 Å². The van der Waals surface area contributed by atoms with Gasteiger partial charge < -0.3 is 4.90 Å². The van der Waals surface area contributed by atoms with E-state index in [9.17, 15) is 9.59 Å². The van der Waals surface area contributed by atoms with Gasteiger partial charge in [0.2, 0.25) is 5.91 Å². The van der Waals surface area contributed by atoms with E-state index >= 15 is 0 Å². The van der Waals surface area contributed by atoms with Crippen molar-refractivity contribution in [3.63, 3.8) is 0 Å². The van der Waals surface area contributed by atoms with Gasteiger partial charge in [-0.15, -0.1) is 11.6 Å². The van der Waals surface area contributed by atoms with Gasteiger partial charge in [-0.2, -0.15) is 0 Å². The molecule has 3 nitrogen and oxygen atoms in total. The van der Waals surface area contributed by atoms with E-state index in [4.69, 9.17) is 11.6 Å². The quantitative estimate of drug-likeness (QED) is 0.633. The van der Waals surface area contributed by atoms with Crippen LogP contribution in [-0.2, 0) is 9.59 Å². The number of ketones is 1. The summed E-state index contributed by atoms with van der Waals surface area (Å²) < 4.78 is 0. The molecule has 1 fully saturated rings. The van der Waals surface area contributed by atoms with Gasteiger partial charge in [0.1, 0.15) is 0 Å². The number of likely N-dealkylation sites (tertiary alicyclic amines) is 1. The van der Waals surface area contributed by atoms with Crippen molar-refractivity contribution in [3.8, 4) is 0 Å². The van der Waals surface area contributed by atoms with Gasteiger partial charge >= 0.3 is 0 Å². The lowest BCUT2D eigenvalue weighted by Gasteiger charge is -2.21. The predicted molar refractivity (Wildman–Crippen MR) is 50.7 cm³/mol. The molecule has 1 aliphatic heterocycles. The molecule has 13 heavy (non-hydrogen) atoms. The third kappa shape index (κ3) is 2.21. The first kappa shape index (κ1) is 10.5. The van der Waals surface area contributed by atoms with Crippen molar-refractivity contribution in [1.29, 1.82) is 0 Å². The van der Waals surface area contributed by atoms with Crippen LogP contribution in [0.25, 0.3) is 0 Å². The Morgan fingerprint density at radius 2 is 2.15 bits per heavy atom. The molecule has 1 heterocycles. The molecule has 1 saturated heterocycles. The number of carbonyl (C=O) groups excluding carboxylic acids is 2. The highest BCUT2D eigenvalue weighted by molar-refractivity contribution is 6.21. The number of Topliss-reactive ketones (excluding diaryl/α,β-unsaturated/α-hetero) is 1. The molecule has 74 valence electrons. The summed E-state index contributed by atoms with van der Waals surface area (Å²) in [6.45, 7) is 3.79. The number of alkyl halides is 1. The van der Waals surface area contributed by atoms with Crippen molar-refractivity contribution in [3.05, 3.63) is 0 Å². The first-order chi connectivity index (χ1) is 6.06. The third-order valence-corrected chi connectivity index (χ3v) is 2.69. The second kappa shape index (κ2) is 4.09. The SMILES string of the molecule is CCC(=O)[C@@H]1C[C@@H](Cl)CN1C(C)=O. The predicted octanol–water partition coefficient (Wildman–Crippen LogP) is 1.19. The van der Waals surface area contributed by atoms with Gasteiger partial charge in [0.25, 0.3) is 0 Å². The summed E-state index contributed by atoms with van der Waals surface area (Å²) in [7, 11) is 0. The second-order valence-electron chi connectivity index (χ2n) is 3.34. The Kier molecular flexibility index (Phi) is 3.31. The summed E-state index contributed by atoms with van der Waals surface area (Å²) in [5, 5.41) is -0.0654. The normalized spacial score (nSPS) is 27.8. The van der Waals surface area contributed by atoms with Crippen LogP contribution < -0.4 is 0 Å². The standard InChI is InChI=1S/C9H14ClNO2/c1-3-9(13)8-4-7(10)5-11(8)6(2)12/h7-8H,3-5H2,1-2H3/t7-,8+/m1/s1. The van der Waals surface area contributed by atoms with E-state index in [1.54, 1.807) is 4.90 Å². The minimum atomic E-state index is -0.273. The largest absolute Gasteiger partial charge is 0.331 e. The summed E-state index contributed by atoms with van der Waals surface area (Å²) >= 11 is 5.90. The second-order valence-corrected chi connectivity index (χ2v) is 3.96. The van der Waals surface area contributed by atoms with E-state index < -0.39 is 0 Å². The molecule has 0 aromatic heterocycles. The van der Waals surface area contributed by atoms with Gasteiger partial charge in [0.05, 0.1) is 11.4 Å². The van der Waals surface area contributed by atoms with Crippen molar-refractivity contribution in [1.82, 2.24) is 4.90 Å². The molecular weight excluding hydrogens is 190 g/mol. The molecule has 0 saturated carbocycles. The Morgan fingerprint density at radius 1 is 1.54 bits per heavy atom. The van der Waals surface area contributed by atoms with E-state index in [2.05, 4.69) is 0 Å². The highest BCUT2D eigenvalue weighted by atomic mass is 35.5. The number of hydrogen-bond donors (Lipinski definition) is 0. The van der Waals surface area contributed by atoms with Gasteiger partial charge in [-0.1, -0.05) is 6.92 Å². The zero-order valence-electron chi connectivity index (χ0n) is 7.92. The van der Waals surface area contributed by atoms with Crippen LogP contribution in [0.3, 0.4) is 0 Å². The number of carbonyl (C=O) groups is 2. The van der Waals surface area contributed by atoms with E-state index in [0.29, 0.717) is 19.4 Å². The van der Waals surface area contributed by atoms with Gasteiger partial charge in [-0.3, -0.25) is 9.59 Å². The number of nitrogens with zero attached hydrogens (tertiary/aromatic N) is 1. The van der Waals surface area contributed by atoms with Crippen LogP contribution in [0, 0.1) is 0 Å². The molecule has 0 radical (unpaired) electrons. The molecule has 0 aromatic carbocycles. The van der Waals surface area contributed by atoms with E-state index in [1.165, 1.54) is 6.92 Å². The minimum absolute atomic E-state index is 0.0602. The number of amides is 1. The first-order valence-electron chi connectivity index (χ1n) is 4.50. The topological polar surface area (TPSA) is 37.4 Å². The van der Waals surface area contributed by atoms with Gasteiger partial charge in [-0.05, 0) is 6.42 Å². The van der Waals surface area contributed by atoms with Crippen molar-refractivity contribution in [2.24, 2.45) is 0 Å². The molecule has 0 aromatic rings. The van der Waals surface area contributed by atoms with Crippen LogP contribution >= 0.6 is 11.6 Å². The molecule has 1 rings (SSSR count). The van der Waals surface area contributed by atoms with E-state index in [1.807, 2.05) is 6.92 Å². The van der Waals surface area contributed by atoms with E-state index in [-0.39, 0.29) is 23.1 Å². The fraction of sp³-hybridized carbons (Fsp3) is 0.778. The van der Waals surface area contributed by atoms with Crippen LogP contribution in [0.2, 0.25) is 0 Å². The highest BCUT2D eigenvalue weighted by Crippen LogP contribution is 2.23. The van der Waals surface area contributed by atoms with Crippen molar-refractivity contribution in [2.75, 3.05) is 6.54 Å². The van der Waals surface area contributed by atoms with Crippen LogP contribution in [0.4, 0.5) is 0 Å². The monoisotopic (exact) mass is 203 g/mol. The molecule has 0 spiro atoms. The summed E-state index contributed by atoms with van der Waals surface area (Å²) in [5.41, 5.74) is 0. The lowest BCUT2D eigenvalue weighted by atomic mass is 10.1. The average molecular weight is 204 g/mol. The molecule has 2 atom stereocenters. The molecule has 0 bridgehead atoms. The minimum Gasteiger partial charge on any atom is -0.331 e. The molecular formula is C9H14ClNO2. The summed E-state index contributed by atoms with van der Waals surface area (Å²) in [6.07, 6.45) is 1.08. The van der Waals surface area contributed by atoms with Gasteiger partial charge in [0, 0.05) is 19.9 Å². The summed E-state index contributed by atoms with van der Waals surface area (Å²) in [4.78, 5) is 24.1. The van der Waals surface area contributed by atoms with Crippen molar-refractivity contribution in [2.45, 2.75) is 38.1 Å². The average Bonchev–Trinajstić information content (AvgIpc) is 2.46. The van der Waals surface area contributed by atoms with Crippen LogP contribution in [-0.4, -0.2) is 34.6 Å². The Hall–Kier alpha value is -0.570.